The Morgan fingerprint density at radius 2 is 1.96 bits per heavy atom. The van der Waals surface area contributed by atoms with Crippen LogP contribution in [-0.4, -0.2) is 45.7 Å². The third-order valence-electron chi connectivity index (χ3n) is 4.57. The summed E-state index contributed by atoms with van der Waals surface area (Å²) in [5.74, 6) is 5.10. The molecule has 144 valence electrons. The first-order chi connectivity index (χ1) is 13.1. The standard InChI is InChI=1S/C22H27NO4/c24-20(14-11-18-8-4-3-5-9-18)15-12-19-13-16-21(25)23(19)17-7-2-1-6-10-22(26)27/h3-5,8-9,12,15,19-20,24H,1-2,6-7,10,13,16-17H2,(H,26,27)/t19-,20+/m0/s1. The molecule has 1 aromatic carbocycles. The van der Waals surface area contributed by atoms with Gasteiger partial charge in [-0.15, -0.1) is 0 Å². The fourth-order valence-electron chi connectivity index (χ4n) is 3.12. The average molecular weight is 369 g/mol. The number of carboxylic acid groups (broad SMARTS) is 1. The van der Waals surface area contributed by atoms with Crippen LogP contribution in [0.5, 0.6) is 0 Å². The summed E-state index contributed by atoms with van der Waals surface area (Å²) in [7, 11) is 0. The lowest BCUT2D eigenvalue weighted by Crippen LogP contribution is -2.32. The Hall–Kier alpha value is -2.58. The molecule has 1 saturated heterocycles. The van der Waals surface area contributed by atoms with Gasteiger partial charge in [0.1, 0.15) is 6.10 Å². The van der Waals surface area contributed by atoms with Crippen LogP contribution in [0.15, 0.2) is 42.5 Å². The molecular weight excluding hydrogens is 342 g/mol. The largest absolute Gasteiger partial charge is 0.481 e. The smallest absolute Gasteiger partial charge is 0.303 e. The topological polar surface area (TPSA) is 77.8 Å². The second-order valence-corrected chi connectivity index (χ2v) is 6.72. The molecule has 2 rings (SSSR count). The number of hydrogen-bond acceptors (Lipinski definition) is 3. The summed E-state index contributed by atoms with van der Waals surface area (Å²) >= 11 is 0. The number of benzene rings is 1. The molecular formula is C22H27NO4. The first kappa shape index (κ1) is 20.7. The zero-order valence-electron chi connectivity index (χ0n) is 15.5. The summed E-state index contributed by atoms with van der Waals surface area (Å²) in [6.07, 6.45) is 7.48. The van der Waals surface area contributed by atoms with E-state index in [4.69, 9.17) is 5.11 Å². The molecule has 27 heavy (non-hydrogen) atoms. The summed E-state index contributed by atoms with van der Waals surface area (Å²) < 4.78 is 0. The number of carbonyl (C=O) groups is 2. The van der Waals surface area contributed by atoms with Gasteiger partial charge in [0.25, 0.3) is 0 Å². The van der Waals surface area contributed by atoms with Gasteiger partial charge in [-0.2, -0.15) is 0 Å². The molecule has 0 aromatic heterocycles. The summed E-state index contributed by atoms with van der Waals surface area (Å²) in [6.45, 7) is 0.673. The van der Waals surface area contributed by atoms with Gasteiger partial charge in [0, 0.05) is 24.9 Å². The Bertz CT molecular complexity index is 702. The third-order valence-corrected chi connectivity index (χ3v) is 4.57. The Labute approximate surface area is 160 Å². The van der Waals surface area contributed by atoms with Gasteiger partial charge in [-0.1, -0.05) is 49.0 Å². The van der Waals surface area contributed by atoms with Crippen molar-refractivity contribution in [1.82, 2.24) is 4.90 Å². The van der Waals surface area contributed by atoms with Crippen LogP contribution in [-0.2, 0) is 9.59 Å². The predicted molar refractivity (Wildman–Crippen MR) is 104 cm³/mol. The van der Waals surface area contributed by atoms with Crippen molar-refractivity contribution in [1.29, 1.82) is 0 Å². The van der Waals surface area contributed by atoms with E-state index in [0.29, 0.717) is 19.4 Å². The highest BCUT2D eigenvalue weighted by atomic mass is 16.4. The van der Waals surface area contributed by atoms with Crippen molar-refractivity contribution in [3.63, 3.8) is 0 Å². The van der Waals surface area contributed by atoms with Crippen molar-refractivity contribution in [2.24, 2.45) is 0 Å². The van der Waals surface area contributed by atoms with Gasteiger partial charge in [-0.3, -0.25) is 9.59 Å². The minimum Gasteiger partial charge on any atom is -0.481 e. The van der Waals surface area contributed by atoms with Gasteiger partial charge in [0.2, 0.25) is 5.91 Å². The molecule has 2 atom stereocenters. The summed E-state index contributed by atoms with van der Waals surface area (Å²) in [5, 5.41) is 18.7. The Morgan fingerprint density at radius 3 is 2.70 bits per heavy atom. The highest BCUT2D eigenvalue weighted by Crippen LogP contribution is 2.21. The maximum absolute atomic E-state index is 12.1. The molecule has 0 aliphatic carbocycles. The predicted octanol–water partition coefficient (Wildman–Crippen LogP) is 2.98. The van der Waals surface area contributed by atoms with E-state index in [1.807, 2.05) is 41.3 Å². The first-order valence-corrected chi connectivity index (χ1v) is 9.50. The summed E-state index contributed by atoms with van der Waals surface area (Å²) in [6, 6.07) is 9.49. The number of aliphatic hydroxyl groups excluding tert-OH is 1. The highest BCUT2D eigenvalue weighted by molar-refractivity contribution is 5.79. The van der Waals surface area contributed by atoms with Crippen LogP contribution in [0.25, 0.3) is 0 Å². The van der Waals surface area contributed by atoms with Crippen molar-refractivity contribution in [2.45, 2.75) is 57.1 Å². The molecule has 1 aliphatic rings. The number of hydrogen-bond donors (Lipinski definition) is 2. The molecule has 5 heteroatoms. The molecule has 0 bridgehead atoms. The number of amides is 1. The normalized spacial score (nSPS) is 17.7. The monoisotopic (exact) mass is 369 g/mol. The van der Waals surface area contributed by atoms with E-state index in [9.17, 15) is 14.7 Å². The molecule has 1 amide bonds. The van der Waals surface area contributed by atoms with E-state index in [0.717, 1.165) is 31.2 Å². The van der Waals surface area contributed by atoms with Crippen LogP contribution < -0.4 is 0 Å². The zero-order chi connectivity index (χ0) is 19.5. The lowest BCUT2D eigenvalue weighted by molar-refractivity contribution is -0.137. The van der Waals surface area contributed by atoms with E-state index in [1.165, 1.54) is 0 Å². The van der Waals surface area contributed by atoms with Crippen molar-refractivity contribution in [2.75, 3.05) is 6.54 Å². The number of carbonyl (C=O) groups excluding carboxylic acids is 1. The van der Waals surface area contributed by atoms with Crippen LogP contribution in [0.2, 0.25) is 0 Å². The Balaban J connectivity index is 1.78. The molecule has 1 aromatic rings. The van der Waals surface area contributed by atoms with Crippen molar-refractivity contribution >= 4 is 11.9 Å². The van der Waals surface area contributed by atoms with Crippen LogP contribution in [0.1, 0.15) is 50.5 Å². The van der Waals surface area contributed by atoms with E-state index in [1.54, 1.807) is 6.08 Å². The van der Waals surface area contributed by atoms with Crippen molar-refractivity contribution < 1.29 is 19.8 Å². The molecule has 5 nitrogen and oxygen atoms in total. The maximum Gasteiger partial charge on any atom is 0.303 e. The molecule has 0 unspecified atom stereocenters. The minimum absolute atomic E-state index is 0.00435. The van der Waals surface area contributed by atoms with Gasteiger partial charge < -0.3 is 15.1 Å². The number of unbranched alkanes of at least 4 members (excludes halogenated alkanes) is 3. The molecule has 1 fully saturated rings. The average Bonchev–Trinajstić information content (AvgIpc) is 3.01. The maximum atomic E-state index is 12.1. The quantitative estimate of drug-likeness (QED) is 0.398. The van der Waals surface area contributed by atoms with Gasteiger partial charge in [0.05, 0.1) is 6.04 Å². The molecule has 2 N–H and O–H groups in total. The highest BCUT2D eigenvalue weighted by Gasteiger charge is 2.28. The number of carboxylic acids is 1. The van der Waals surface area contributed by atoms with Crippen LogP contribution in [0.4, 0.5) is 0 Å². The summed E-state index contributed by atoms with van der Waals surface area (Å²) in [4.78, 5) is 24.4. The number of aliphatic carboxylic acids is 1. The van der Waals surface area contributed by atoms with Crippen molar-refractivity contribution in [3.8, 4) is 11.8 Å². The van der Waals surface area contributed by atoms with Gasteiger partial charge in [0.15, 0.2) is 0 Å². The number of nitrogens with zero attached hydrogens (tertiary/aromatic N) is 1. The fourth-order valence-corrected chi connectivity index (χ4v) is 3.12. The van der Waals surface area contributed by atoms with E-state index >= 15 is 0 Å². The van der Waals surface area contributed by atoms with E-state index in [-0.39, 0.29) is 18.4 Å². The fraction of sp³-hybridized carbons (Fsp3) is 0.455. The van der Waals surface area contributed by atoms with Gasteiger partial charge in [-0.25, -0.2) is 0 Å². The number of likely N-dealkylation sites (tertiary alicyclic amines) is 1. The van der Waals surface area contributed by atoms with Gasteiger partial charge in [-0.05, 0) is 37.5 Å². The van der Waals surface area contributed by atoms with Crippen molar-refractivity contribution in [3.05, 3.63) is 48.0 Å². The van der Waals surface area contributed by atoms with E-state index < -0.39 is 12.1 Å². The minimum atomic E-state index is -0.862. The first-order valence-electron chi connectivity index (χ1n) is 9.50. The van der Waals surface area contributed by atoms with Gasteiger partial charge >= 0.3 is 5.97 Å². The molecule has 1 aliphatic heterocycles. The van der Waals surface area contributed by atoms with Crippen LogP contribution in [0, 0.1) is 11.8 Å². The molecule has 0 saturated carbocycles. The SMILES string of the molecule is O=C(O)CCCCCCN1C(=O)CC[C@@H]1C=C[C@H](O)C#Cc1ccccc1. The number of aliphatic hydroxyl groups is 1. The second-order valence-electron chi connectivity index (χ2n) is 6.72. The molecule has 1 heterocycles. The zero-order valence-corrected chi connectivity index (χ0v) is 15.5. The Kier molecular flexibility index (Phi) is 8.60. The van der Waals surface area contributed by atoms with E-state index in [2.05, 4.69) is 11.8 Å². The number of rotatable bonds is 9. The summed E-state index contributed by atoms with van der Waals surface area (Å²) in [5.41, 5.74) is 0.852. The van der Waals surface area contributed by atoms with Crippen LogP contribution in [0.3, 0.4) is 0 Å². The second kappa shape index (κ2) is 11.2. The van der Waals surface area contributed by atoms with Crippen LogP contribution >= 0.6 is 0 Å². The lowest BCUT2D eigenvalue weighted by Gasteiger charge is -2.22. The molecule has 0 spiro atoms. The Morgan fingerprint density at radius 1 is 1.22 bits per heavy atom. The lowest BCUT2D eigenvalue weighted by atomic mass is 10.1. The third kappa shape index (κ3) is 7.67. The molecule has 0 radical (unpaired) electrons.